The van der Waals surface area contributed by atoms with Crippen molar-refractivity contribution in [3.63, 3.8) is 0 Å². The Hall–Kier alpha value is -4.28. The van der Waals surface area contributed by atoms with Crippen LogP contribution in [0.15, 0.2) is 85.2 Å². The van der Waals surface area contributed by atoms with Crippen LogP contribution in [0.25, 0.3) is 5.69 Å². The molecule has 8 nitrogen and oxygen atoms in total. The largest absolute Gasteiger partial charge is 0.495 e. The third-order valence-electron chi connectivity index (χ3n) is 6.30. The molecule has 1 fully saturated rings. The number of hydrogen-bond donors (Lipinski definition) is 2. The van der Waals surface area contributed by atoms with Gasteiger partial charge < -0.3 is 29.6 Å². The van der Waals surface area contributed by atoms with Crippen molar-refractivity contribution >= 4 is 34.6 Å². The third-order valence-corrected chi connectivity index (χ3v) is 6.61. The molecule has 38 heavy (non-hydrogen) atoms. The Labute approximate surface area is 225 Å². The monoisotopic (exact) mass is 531 g/mol. The standard InChI is InChI=1S/C28H26FN5O3S/c1-36-17-25(35)31-22-16-20(12-13-24(22)37-2)34-27(26(32-28(34)38)21-6-3-4-14-30-21)23-7-5-15-33(23)19-10-8-18(29)9-11-19/h3-16,26-27H,17H2,1-2H3,(H,31,35)(H,32,38)/t26-,27-/m1/s1. The second-order valence-electron chi connectivity index (χ2n) is 8.64. The summed E-state index contributed by atoms with van der Waals surface area (Å²) in [5.74, 6) is -0.109. The highest BCUT2D eigenvalue weighted by molar-refractivity contribution is 7.80. The Bertz CT molecular complexity index is 1440. The van der Waals surface area contributed by atoms with E-state index in [0.717, 1.165) is 22.8 Å². The van der Waals surface area contributed by atoms with Crippen LogP contribution in [0.1, 0.15) is 23.5 Å². The van der Waals surface area contributed by atoms with Crippen molar-refractivity contribution in [2.45, 2.75) is 12.1 Å². The Balaban J connectivity index is 1.62. The van der Waals surface area contributed by atoms with Gasteiger partial charge in [0, 0.05) is 36.6 Å². The molecular weight excluding hydrogens is 505 g/mol. The normalized spacial score (nSPS) is 16.8. The molecule has 1 saturated heterocycles. The molecular formula is C28H26FN5O3S. The number of aromatic nitrogens is 2. The molecule has 0 radical (unpaired) electrons. The number of nitrogens with one attached hydrogen (secondary N) is 2. The lowest BCUT2D eigenvalue weighted by Crippen LogP contribution is -2.30. The van der Waals surface area contributed by atoms with Crippen molar-refractivity contribution in [1.29, 1.82) is 0 Å². The predicted molar refractivity (Wildman–Crippen MR) is 147 cm³/mol. The molecule has 194 valence electrons. The number of amides is 1. The van der Waals surface area contributed by atoms with Crippen molar-refractivity contribution < 1.29 is 18.7 Å². The predicted octanol–water partition coefficient (Wildman–Crippen LogP) is 4.78. The van der Waals surface area contributed by atoms with E-state index in [1.54, 1.807) is 31.5 Å². The van der Waals surface area contributed by atoms with Gasteiger partial charge in [-0.15, -0.1) is 0 Å². The molecule has 1 aliphatic heterocycles. The number of thiocarbonyl (C=S) groups is 1. The van der Waals surface area contributed by atoms with Crippen molar-refractivity contribution in [1.82, 2.24) is 14.9 Å². The Morgan fingerprint density at radius 1 is 1.08 bits per heavy atom. The Kier molecular flexibility index (Phi) is 7.34. The molecule has 4 aromatic rings. The zero-order valence-electron chi connectivity index (χ0n) is 20.8. The third kappa shape index (κ3) is 4.96. The van der Waals surface area contributed by atoms with Gasteiger partial charge in [-0.05, 0) is 78.9 Å². The van der Waals surface area contributed by atoms with E-state index in [-0.39, 0.29) is 30.4 Å². The fourth-order valence-corrected chi connectivity index (χ4v) is 5.01. The first-order chi connectivity index (χ1) is 18.5. The van der Waals surface area contributed by atoms with E-state index < -0.39 is 0 Å². The van der Waals surface area contributed by atoms with Gasteiger partial charge in [-0.1, -0.05) is 6.07 Å². The van der Waals surface area contributed by atoms with Crippen LogP contribution in [0, 0.1) is 5.82 Å². The average Bonchev–Trinajstić information content (AvgIpc) is 3.54. The molecule has 2 N–H and O–H groups in total. The van der Waals surface area contributed by atoms with Crippen molar-refractivity contribution in [2.24, 2.45) is 0 Å². The first-order valence-corrected chi connectivity index (χ1v) is 12.3. The van der Waals surface area contributed by atoms with E-state index in [0.29, 0.717) is 16.5 Å². The van der Waals surface area contributed by atoms with Crippen LogP contribution in [0.2, 0.25) is 0 Å². The second-order valence-corrected chi connectivity index (χ2v) is 9.03. The molecule has 10 heteroatoms. The topological polar surface area (TPSA) is 80.7 Å². The van der Waals surface area contributed by atoms with E-state index in [9.17, 15) is 9.18 Å². The fraction of sp³-hybridized carbons (Fsp3) is 0.179. The maximum atomic E-state index is 13.7. The zero-order chi connectivity index (χ0) is 26.6. The summed E-state index contributed by atoms with van der Waals surface area (Å²) in [4.78, 5) is 18.9. The number of rotatable bonds is 8. The first-order valence-electron chi connectivity index (χ1n) is 11.9. The number of ether oxygens (including phenoxy) is 2. The number of benzene rings is 2. The number of halogens is 1. The van der Waals surface area contributed by atoms with Gasteiger partial charge in [-0.25, -0.2) is 4.39 Å². The smallest absolute Gasteiger partial charge is 0.250 e. The van der Waals surface area contributed by atoms with Crippen LogP contribution in [0.4, 0.5) is 15.8 Å². The van der Waals surface area contributed by atoms with Gasteiger partial charge in [-0.3, -0.25) is 9.78 Å². The van der Waals surface area contributed by atoms with Crippen LogP contribution in [0.5, 0.6) is 5.75 Å². The maximum absolute atomic E-state index is 13.7. The van der Waals surface area contributed by atoms with E-state index >= 15 is 0 Å². The first kappa shape index (κ1) is 25.4. The molecule has 0 saturated carbocycles. The molecule has 5 rings (SSSR count). The maximum Gasteiger partial charge on any atom is 0.250 e. The van der Waals surface area contributed by atoms with Gasteiger partial charge in [-0.2, -0.15) is 0 Å². The van der Waals surface area contributed by atoms with E-state index in [4.69, 9.17) is 21.7 Å². The summed E-state index contributed by atoms with van der Waals surface area (Å²) in [6.07, 6.45) is 3.68. The number of pyridine rings is 1. The lowest BCUT2D eigenvalue weighted by molar-refractivity contribution is -0.119. The lowest BCUT2D eigenvalue weighted by atomic mass is 10.0. The van der Waals surface area contributed by atoms with Crippen molar-refractivity contribution in [2.75, 3.05) is 31.0 Å². The minimum absolute atomic E-state index is 0.0907. The highest BCUT2D eigenvalue weighted by Crippen LogP contribution is 2.43. The molecule has 2 atom stereocenters. The van der Waals surface area contributed by atoms with Crippen LogP contribution < -0.4 is 20.3 Å². The molecule has 0 bridgehead atoms. The molecule has 0 spiro atoms. The van der Waals surface area contributed by atoms with Gasteiger partial charge in [0.1, 0.15) is 24.2 Å². The van der Waals surface area contributed by atoms with Gasteiger partial charge >= 0.3 is 0 Å². The Morgan fingerprint density at radius 3 is 2.58 bits per heavy atom. The van der Waals surface area contributed by atoms with Gasteiger partial charge in [0.25, 0.3) is 0 Å². The molecule has 2 aromatic heterocycles. The summed E-state index contributed by atoms with van der Waals surface area (Å²) in [6, 6.07) is 20.9. The van der Waals surface area contributed by atoms with Crippen molar-refractivity contribution in [3.05, 3.63) is 102 Å². The minimum atomic E-state index is -0.326. The van der Waals surface area contributed by atoms with Gasteiger partial charge in [0.2, 0.25) is 5.91 Å². The number of hydrogen-bond acceptors (Lipinski definition) is 5. The zero-order valence-corrected chi connectivity index (χ0v) is 21.6. The van der Waals surface area contributed by atoms with Crippen LogP contribution in [-0.4, -0.2) is 41.4 Å². The summed E-state index contributed by atoms with van der Waals surface area (Å²) in [5, 5.41) is 6.78. The summed E-state index contributed by atoms with van der Waals surface area (Å²) >= 11 is 5.85. The molecule has 3 heterocycles. The SMILES string of the molecule is COCC(=O)Nc1cc(N2C(=S)N[C@H](c3ccccn3)[C@H]2c2cccn2-c2ccc(F)cc2)ccc1OC. The summed E-state index contributed by atoms with van der Waals surface area (Å²) in [7, 11) is 3.00. The molecule has 1 aliphatic rings. The highest BCUT2D eigenvalue weighted by Gasteiger charge is 2.42. The minimum Gasteiger partial charge on any atom is -0.495 e. The molecule has 1 amide bonds. The van der Waals surface area contributed by atoms with E-state index in [2.05, 4.69) is 15.6 Å². The highest BCUT2D eigenvalue weighted by atomic mass is 32.1. The fourth-order valence-electron chi connectivity index (χ4n) is 4.67. The molecule has 0 unspecified atom stereocenters. The van der Waals surface area contributed by atoms with E-state index in [1.807, 2.05) is 58.1 Å². The van der Waals surface area contributed by atoms with Crippen LogP contribution in [-0.2, 0) is 9.53 Å². The van der Waals surface area contributed by atoms with Crippen LogP contribution in [0.3, 0.4) is 0 Å². The Morgan fingerprint density at radius 2 is 1.87 bits per heavy atom. The molecule has 0 aliphatic carbocycles. The van der Waals surface area contributed by atoms with Crippen LogP contribution >= 0.6 is 12.2 Å². The summed E-state index contributed by atoms with van der Waals surface area (Å²) in [5.41, 5.74) is 3.78. The molecule has 2 aromatic carbocycles. The number of nitrogens with zero attached hydrogens (tertiary/aromatic N) is 3. The number of methoxy groups -OCH3 is 2. The number of anilines is 2. The summed E-state index contributed by atoms with van der Waals surface area (Å²) < 4.78 is 26.1. The second kappa shape index (κ2) is 11.0. The van der Waals surface area contributed by atoms with Gasteiger partial charge in [0.05, 0.1) is 24.5 Å². The van der Waals surface area contributed by atoms with Gasteiger partial charge in [0.15, 0.2) is 5.11 Å². The quantitative estimate of drug-likeness (QED) is 0.317. The number of carbonyl (C=O) groups excluding carboxylic acids is 1. The number of carbonyl (C=O) groups is 1. The van der Waals surface area contributed by atoms with E-state index in [1.165, 1.54) is 19.2 Å². The average molecular weight is 532 g/mol. The lowest BCUT2D eigenvalue weighted by Gasteiger charge is -2.29. The van der Waals surface area contributed by atoms with Crippen molar-refractivity contribution in [3.8, 4) is 11.4 Å². The summed E-state index contributed by atoms with van der Waals surface area (Å²) in [6.45, 7) is -0.0907.